The van der Waals surface area contributed by atoms with Crippen LogP contribution in [0.2, 0.25) is 0 Å². The van der Waals surface area contributed by atoms with Gasteiger partial charge in [0.05, 0.1) is 5.69 Å². The Morgan fingerprint density at radius 2 is 1.53 bits per heavy atom. The molecule has 0 saturated carbocycles. The van der Waals surface area contributed by atoms with Crippen LogP contribution in [0.25, 0.3) is 43.8 Å². The molecule has 0 amide bonds. The van der Waals surface area contributed by atoms with Crippen LogP contribution in [0.15, 0.2) is 59.1 Å². The number of halogens is 1. The SMILES string of the molecule is Cc1cc2cc(-c3nccc4c3ccc3c(F)c(C)ccc34)cc(C(C)(C)C)c2o1. The third-order valence-corrected chi connectivity index (χ3v) is 5.89. The molecule has 0 radical (unpaired) electrons. The fraction of sp³-hybridized carbons (Fsp3) is 0.222. The molecule has 2 nitrogen and oxygen atoms in total. The molecule has 2 heterocycles. The first kappa shape index (κ1) is 18.8. The van der Waals surface area contributed by atoms with Crippen molar-refractivity contribution in [3.8, 4) is 11.3 Å². The Morgan fingerprint density at radius 1 is 0.833 bits per heavy atom. The van der Waals surface area contributed by atoms with Crippen LogP contribution in [-0.4, -0.2) is 4.98 Å². The van der Waals surface area contributed by atoms with Crippen LogP contribution in [0.4, 0.5) is 4.39 Å². The minimum Gasteiger partial charge on any atom is -0.461 e. The Hall–Kier alpha value is -3.20. The molecule has 5 rings (SSSR count). The normalized spacial score (nSPS) is 12.3. The van der Waals surface area contributed by atoms with Crippen molar-refractivity contribution in [3.05, 3.63) is 77.4 Å². The Bertz CT molecular complexity index is 1450. The van der Waals surface area contributed by atoms with Crippen LogP contribution in [0.3, 0.4) is 0 Å². The predicted octanol–water partition coefficient (Wildman–Crippen LogP) is 7.85. The fourth-order valence-electron chi connectivity index (χ4n) is 4.35. The van der Waals surface area contributed by atoms with E-state index in [2.05, 4.69) is 39.0 Å². The second kappa shape index (κ2) is 6.40. The molecule has 5 aromatic rings. The van der Waals surface area contributed by atoms with Gasteiger partial charge in [-0.05, 0) is 59.9 Å². The zero-order valence-corrected chi connectivity index (χ0v) is 17.9. The maximum atomic E-state index is 14.7. The third-order valence-electron chi connectivity index (χ3n) is 5.89. The number of hydrogen-bond donors (Lipinski definition) is 0. The molecule has 0 aliphatic carbocycles. The van der Waals surface area contributed by atoms with Crippen molar-refractivity contribution in [1.82, 2.24) is 4.98 Å². The molecule has 0 unspecified atom stereocenters. The van der Waals surface area contributed by atoms with Crippen LogP contribution in [0.1, 0.15) is 37.7 Å². The number of furan rings is 1. The number of nitrogens with zero attached hydrogens (tertiary/aromatic N) is 1. The van der Waals surface area contributed by atoms with Crippen molar-refractivity contribution in [2.45, 2.75) is 40.0 Å². The zero-order valence-electron chi connectivity index (χ0n) is 17.9. The van der Waals surface area contributed by atoms with Crippen LogP contribution >= 0.6 is 0 Å². The number of rotatable bonds is 1. The van der Waals surface area contributed by atoms with Crippen LogP contribution in [0, 0.1) is 19.7 Å². The lowest BCUT2D eigenvalue weighted by atomic mass is 9.84. The highest BCUT2D eigenvalue weighted by Gasteiger charge is 2.22. The van der Waals surface area contributed by atoms with Crippen LogP contribution in [0.5, 0.6) is 0 Å². The molecule has 0 N–H and O–H groups in total. The summed E-state index contributed by atoms with van der Waals surface area (Å²) in [4.78, 5) is 4.74. The van der Waals surface area contributed by atoms with Gasteiger partial charge in [-0.1, -0.05) is 45.0 Å². The molecule has 3 aromatic carbocycles. The van der Waals surface area contributed by atoms with E-state index in [1.807, 2.05) is 43.5 Å². The van der Waals surface area contributed by atoms with Crippen molar-refractivity contribution in [2.24, 2.45) is 0 Å². The summed E-state index contributed by atoms with van der Waals surface area (Å²) in [6.45, 7) is 10.4. The Balaban J connectivity index is 1.85. The number of fused-ring (bicyclic) bond motifs is 4. The molecular weight excluding hydrogens is 373 g/mol. The highest BCUT2D eigenvalue weighted by Crippen LogP contribution is 2.39. The van der Waals surface area contributed by atoms with Gasteiger partial charge >= 0.3 is 0 Å². The molecular formula is C27H24FNO. The molecule has 0 spiro atoms. The topological polar surface area (TPSA) is 26.0 Å². The van der Waals surface area contributed by atoms with E-state index >= 15 is 0 Å². The number of aromatic nitrogens is 1. The van der Waals surface area contributed by atoms with Gasteiger partial charge in [-0.25, -0.2) is 4.39 Å². The molecule has 0 aliphatic rings. The van der Waals surface area contributed by atoms with E-state index < -0.39 is 0 Å². The Labute approximate surface area is 175 Å². The average molecular weight is 397 g/mol. The first-order valence-corrected chi connectivity index (χ1v) is 10.3. The van der Waals surface area contributed by atoms with E-state index in [0.29, 0.717) is 10.9 Å². The highest BCUT2D eigenvalue weighted by atomic mass is 19.1. The van der Waals surface area contributed by atoms with E-state index in [9.17, 15) is 4.39 Å². The molecule has 2 aromatic heterocycles. The number of benzene rings is 3. The van der Waals surface area contributed by atoms with Crippen molar-refractivity contribution in [1.29, 1.82) is 0 Å². The van der Waals surface area contributed by atoms with E-state index in [0.717, 1.165) is 49.7 Å². The highest BCUT2D eigenvalue weighted by molar-refractivity contribution is 6.11. The summed E-state index contributed by atoms with van der Waals surface area (Å²) < 4.78 is 20.7. The van der Waals surface area contributed by atoms with Gasteiger partial charge in [-0.2, -0.15) is 0 Å². The van der Waals surface area contributed by atoms with Gasteiger partial charge in [0.2, 0.25) is 0 Å². The van der Waals surface area contributed by atoms with E-state index in [-0.39, 0.29) is 11.2 Å². The van der Waals surface area contributed by atoms with Gasteiger partial charge in [-0.3, -0.25) is 4.98 Å². The second-order valence-electron chi connectivity index (χ2n) is 9.16. The average Bonchev–Trinajstić information content (AvgIpc) is 3.08. The van der Waals surface area contributed by atoms with Gasteiger partial charge < -0.3 is 4.42 Å². The minimum atomic E-state index is -0.155. The minimum absolute atomic E-state index is 0.0729. The maximum absolute atomic E-state index is 14.7. The summed E-state index contributed by atoms with van der Waals surface area (Å²) in [5, 5.41) is 4.67. The second-order valence-corrected chi connectivity index (χ2v) is 9.16. The largest absolute Gasteiger partial charge is 0.461 e. The van der Waals surface area contributed by atoms with Crippen molar-refractivity contribution in [3.63, 3.8) is 0 Å². The summed E-state index contributed by atoms with van der Waals surface area (Å²) >= 11 is 0. The molecule has 0 bridgehead atoms. The van der Waals surface area contributed by atoms with Crippen molar-refractivity contribution in [2.75, 3.05) is 0 Å². The smallest absolute Gasteiger partial charge is 0.138 e. The molecule has 150 valence electrons. The molecule has 0 aliphatic heterocycles. The predicted molar refractivity (Wildman–Crippen MR) is 123 cm³/mol. The van der Waals surface area contributed by atoms with Crippen LogP contribution in [-0.2, 0) is 5.41 Å². The van der Waals surface area contributed by atoms with Crippen molar-refractivity contribution < 1.29 is 8.81 Å². The summed E-state index contributed by atoms with van der Waals surface area (Å²) in [5.41, 5.74) is 4.63. The van der Waals surface area contributed by atoms with Crippen LogP contribution < -0.4 is 0 Å². The molecule has 0 atom stereocenters. The lowest BCUT2D eigenvalue weighted by molar-refractivity contribution is 0.542. The lowest BCUT2D eigenvalue weighted by Crippen LogP contribution is -2.11. The van der Waals surface area contributed by atoms with Gasteiger partial charge in [0.15, 0.2) is 0 Å². The Kier molecular flexibility index (Phi) is 4.01. The number of hydrogen-bond acceptors (Lipinski definition) is 2. The summed E-state index contributed by atoms with van der Waals surface area (Å²) in [7, 11) is 0. The van der Waals surface area contributed by atoms with E-state index in [1.54, 1.807) is 6.92 Å². The fourth-order valence-corrected chi connectivity index (χ4v) is 4.35. The third kappa shape index (κ3) is 2.80. The standard InChI is InChI=1S/C27H24FNO/c1-15-6-7-19-20-10-11-29-25(22(20)9-8-21(19)24(15)28)17-13-18-12-16(2)30-26(18)23(14-17)27(3,4)5/h6-14H,1-5H3. The zero-order chi connectivity index (χ0) is 21.2. The first-order valence-electron chi connectivity index (χ1n) is 10.3. The summed E-state index contributed by atoms with van der Waals surface area (Å²) in [5.74, 6) is 0.744. The quantitative estimate of drug-likeness (QED) is 0.269. The molecule has 0 fully saturated rings. The lowest BCUT2D eigenvalue weighted by Gasteiger charge is -2.20. The van der Waals surface area contributed by atoms with Gasteiger partial charge in [0, 0.05) is 33.5 Å². The Morgan fingerprint density at radius 3 is 2.30 bits per heavy atom. The molecule has 0 saturated heterocycles. The van der Waals surface area contributed by atoms with E-state index in [4.69, 9.17) is 9.40 Å². The van der Waals surface area contributed by atoms with Gasteiger partial charge in [0.25, 0.3) is 0 Å². The monoisotopic (exact) mass is 397 g/mol. The summed E-state index contributed by atoms with van der Waals surface area (Å²) in [6.07, 6.45) is 1.82. The van der Waals surface area contributed by atoms with Crippen molar-refractivity contribution >= 4 is 32.5 Å². The number of aryl methyl sites for hydroxylation is 2. The van der Waals surface area contributed by atoms with Gasteiger partial charge in [0.1, 0.15) is 17.2 Å². The summed E-state index contributed by atoms with van der Waals surface area (Å²) in [6, 6.07) is 16.1. The maximum Gasteiger partial charge on any atom is 0.138 e. The van der Waals surface area contributed by atoms with E-state index in [1.165, 1.54) is 0 Å². The van der Waals surface area contributed by atoms with Gasteiger partial charge in [-0.15, -0.1) is 0 Å². The number of pyridine rings is 1. The molecule has 3 heteroatoms. The first-order chi connectivity index (χ1) is 14.2. The molecule has 30 heavy (non-hydrogen) atoms.